The van der Waals surface area contributed by atoms with Crippen LogP contribution < -0.4 is 5.32 Å². The number of rotatable bonds is 1. The van der Waals surface area contributed by atoms with E-state index < -0.39 is 0 Å². The van der Waals surface area contributed by atoms with E-state index in [-0.39, 0.29) is 6.03 Å². The van der Waals surface area contributed by atoms with Gasteiger partial charge in [-0.3, -0.25) is 0 Å². The minimum atomic E-state index is -0.326. The Labute approximate surface area is 132 Å². The number of aryl methyl sites for hydroxylation is 1. The van der Waals surface area contributed by atoms with Crippen molar-refractivity contribution in [1.29, 1.82) is 0 Å². The van der Waals surface area contributed by atoms with Crippen LogP contribution in [-0.4, -0.2) is 21.0 Å². The van der Waals surface area contributed by atoms with Crippen LogP contribution in [0.5, 0.6) is 0 Å². The fourth-order valence-electron chi connectivity index (χ4n) is 2.69. The number of benzene rings is 3. The molecule has 0 bridgehead atoms. The van der Waals surface area contributed by atoms with Gasteiger partial charge in [-0.1, -0.05) is 47.7 Å². The molecule has 0 saturated heterocycles. The van der Waals surface area contributed by atoms with Gasteiger partial charge in [-0.25, -0.2) is 4.79 Å². The summed E-state index contributed by atoms with van der Waals surface area (Å²) in [7, 11) is 0. The lowest BCUT2D eigenvalue weighted by Gasteiger charge is -2.08. The highest BCUT2D eigenvalue weighted by atomic mass is 16.2. The van der Waals surface area contributed by atoms with Crippen LogP contribution in [0.3, 0.4) is 0 Å². The molecule has 1 amide bonds. The summed E-state index contributed by atoms with van der Waals surface area (Å²) in [4.78, 5) is 12.6. The van der Waals surface area contributed by atoms with Gasteiger partial charge in [0, 0.05) is 5.39 Å². The van der Waals surface area contributed by atoms with Gasteiger partial charge in [-0.15, -0.1) is 5.10 Å². The number of amides is 1. The van der Waals surface area contributed by atoms with Gasteiger partial charge < -0.3 is 5.32 Å². The van der Waals surface area contributed by atoms with Crippen LogP contribution in [0.25, 0.3) is 21.8 Å². The van der Waals surface area contributed by atoms with Gasteiger partial charge in [0.1, 0.15) is 5.52 Å². The zero-order valence-electron chi connectivity index (χ0n) is 12.5. The number of carbonyl (C=O) groups is 1. The molecule has 3 aromatic carbocycles. The summed E-state index contributed by atoms with van der Waals surface area (Å²) in [5.74, 6) is 0. The van der Waals surface area contributed by atoms with Crippen LogP contribution >= 0.6 is 0 Å². The fraction of sp³-hybridized carbons (Fsp3) is 0.0556. The third kappa shape index (κ3) is 2.32. The molecule has 5 nitrogen and oxygen atoms in total. The molecule has 0 saturated carbocycles. The van der Waals surface area contributed by atoms with Crippen molar-refractivity contribution < 1.29 is 4.79 Å². The number of carbonyl (C=O) groups excluding carboxylic acids is 1. The van der Waals surface area contributed by atoms with Gasteiger partial charge in [-0.2, -0.15) is 4.68 Å². The molecular formula is C18H14N4O. The second-order valence-corrected chi connectivity index (χ2v) is 5.45. The first-order valence-corrected chi connectivity index (χ1v) is 7.33. The Balaban J connectivity index is 1.74. The lowest BCUT2D eigenvalue weighted by atomic mass is 10.1. The van der Waals surface area contributed by atoms with Crippen molar-refractivity contribution in [1.82, 2.24) is 15.0 Å². The van der Waals surface area contributed by atoms with Crippen molar-refractivity contribution in [3.05, 3.63) is 66.2 Å². The van der Waals surface area contributed by atoms with Crippen LogP contribution in [0.2, 0.25) is 0 Å². The molecule has 1 aromatic heterocycles. The van der Waals surface area contributed by atoms with Crippen LogP contribution in [0.4, 0.5) is 10.5 Å². The monoisotopic (exact) mass is 302 g/mol. The summed E-state index contributed by atoms with van der Waals surface area (Å²) in [6.45, 7) is 1.98. The minimum absolute atomic E-state index is 0.326. The molecule has 23 heavy (non-hydrogen) atoms. The second kappa shape index (κ2) is 5.21. The van der Waals surface area contributed by atoms with E-state index in [4.69, 9.17) is 0 Å². The summed E-state index contributed by atoms with van der Waals surface area (Å²) in [6.07, 6.45) is 0. The first-order chi connectivity index (χ1) is 11.2. The third-order valence-corrected chi connectivity index (χ3v) is 3.82. The molecule has 1 N–H and O–H groups in total. The maximum absolute atomic E-state index is 12.6. The Morgan fingerprint density at radius 1 is 1.04 bits per heavy atom. The van der Waals surface area contributed by atoms with Crippen LogP contribution in [0, 0.1) is 6.92 Å². The smallest absolute Gasteiger partial charge is 0.305 e. The number of anilines is 1. The van der Waals surface area contributed by atoms with Crippen molar-refractivity contribution in [2.75, 3.05) is 5.32 Å². The van der Waals surface area contributed by atoms with Crippen molar-refractivity contribution in [2.24, 2.45) is 0 Å². The molecule has 0 aliphatic rings. The highest BCUT2D eigenvalue weighted by Gasteiger charge is 2.13. The van der Waals surface area contributed by atoms with E-state index in [9.17, 15) is 4.79 Å². The fourth-order valence-corrected chi connectivity index (χ4v) is 2.69. The third-order valence-electron chi connectivity index (χ3n) is 3.82. The Kier molecular flexibility index (Phi) is 3.05. The zero-order chi connectivity index (χ0) is 15.8. The Morgan fingerprint density at radius 3 is 2.78 bits per heavy atom. The molecule has 1 heterocycles. The van der Waals surface area contributed by atoms with E-state index in [0.29, 0.717) is 11.0 Å². The van der Waals surface area contributed by atoms with Crippen molar-refractivity contribution >= 4 is 33.5 Å². The number of hydrogen-bond donors (Lipinski definition) is 1. The Bertz CT molecular complexity index is 1030. The average molecular weight is 302 g/mol. The summed E-state index contributed by atoms with van der Waals surface area (Å²) >= 11 is 0. The van der Waals surface area contributed by atoms with Crippen molar-refractivity contribution in [3.8, 4) is 0 Å². The normalized spacial score (nSPS) is 11.0. The van der Waals surface area contributed by atoms with E-state index in [1.165, 1.54) is 4.68 Å². The molecular weight excluding hydrogens is 288 g/mol. The van der Waals surface area contributed by atoms with Gasteiger partial charge in [-0.05, 0) is 36.1 Å². The predicted molar refractivity (Wildman–Crippen MR) is 90.6 cm³/mol. The molecule has 4 rings (SSSR count). The largest absolute Gasteiger partial charge is 0.348 e. The number of aromatic nitrogens is 3. The highest BCUT2D eigenvalue weighted by molar-refractivity contribution is 6.03. The topological polar surface area (TPSA) is 59.8 Å². The summed E-state index contributed by atoms with van der Waals surface area (Å²) in [5, 5.41) is 13.0. The molecule has 0 fully saturated rings. The molecule has 0 aliphatic heterocycles. The second-order valence-electron chi connectivity index (χ2n) is 5.45. The van der Waals surface area contributed by atoms with E-state index in [1.54, 1.807) is 0 Å². The number of nitrogens with one attached hydrogen (secondary N) is 1. The number of hydrogen-bond acceptors (Lipinski definition) is 3. The summed E-state index contributed by atoms with van der Waals surface area (Å²) in [6, 6.07) is 19.1. The molecule has 0 spiro atoms. The molecule has 0 atom stereocenters. The molecule has 0 unspecified atom stereocenters. The van der Waals surface area contributed by atoms with E-state index in [0.717, 1.165) is 22.0 Å². The minimum Gasteiger partial charge on any atom is -0.305 e. The standard InChI is InChI=1S/C18H14N4O/c1-12-9-10-17-16(11-12)20-21-22(17)18(23)19-15-8-4-6-13-5-2-3-7-14(13)15/h2-11H,1H3,(H,19,23). The van der Waals surface area contributed by atoms with E-state index in [1.807, 2.05) is 67.6 Å². The Morgan fingerprint density at radius 2 is 1.87 bits per heavy atom. The number of nitrogens with zero attached hydrogens (tertiary/aromatic N) is 3. The molecule has 5 heteroatoms. The molecule has 0 aliphatic carbocycles. The van der Waals surface area contributed by atoms with Gasteiger partial charge >= 0.3 is 6.03 Å². The summed E-state index contributed by atoms with van der Waals surface area (Å²) < 4.78 is 1.29. The number of fused-ring (bicyclic) bond motifs is 2. The van der Waals surface area contributed by atoms with Crippen molar-refractivity contribution in [2.45, 2.75) is 6.92 Å². The van der Waals surface area contributed by atoms with Crippen LogP contribution in [0.1, 0.15) is 5.56 Å². The highest BCUT2D eigenvalue weighted by Crippen LogP contribution is 2.23. The molecule has 0 radical (unpaired) electrons. The SMILES string of the molecule is Cc1ccc2c(c1)nnn2C(=O)Nc1cccc2ccccc12. The predicted octanol–water partition coefficient (Wildman–Crippen LogP) is 3.97. The van der Waals surface area contributed by atoms with Crippen LogP contribution in [-0.2, 0) is 0 Å². The Hall–Kier alpha value is -3.21. The lowest BCUT2D eigenvalue weighted by molar-refractivity contribution is 0.251. The first-order valence-electron chi connectivity index (χ1n) is 7.33. The molecule has 112 valence electrons. The van der Waals surface area contributed by atoms with E-state index >= 15 is 0 Å². The first kappa shape index (κ1) is 13.5. The van der Waals surface area contributed by atoms with Crippen LogP contribution in [0.15, 0.2) is 60.7 Å². The maximum Gasteiger partial charge on any atom is 0.348 e. The maximum atomic E-state index is 12.6. The summed E-state index contributed by atoms with van der Waals surface area (Å²) in [5.41, 5.74) is 3.23. The zero-order valence-corrected chi connectivity index (χ0v) is 12.5. The van der Waals surface area contributed by atoms with Crippen molar-refractivity contribution in [3.63, 3.8) is 0 Å². The lowest BCUT2D eigenvalue weighted by Crippen LogP contribution is -2.20. The van der Waals surface area contributed by atoms with E-state index in [2.05, 4.69) is 15.6 Å². The quantitative estimate of drug-likeness (QED) is 0.578. The van der Waals surface area contributed by atoms with Gasteiger partial charge in [0.2, 0.25) is 0 Å². The molecule has 4 aromatic rings. The van der Waals surface area contributed by atoms with Gasteiger partial charge in [0.25, 0.3) is 0 Å². The van der Waals surface area contributed by atoms with Gasteiger partial charge in [0.05, 0.1) is 11.2 Å². The van der Waals surface area contributed by atoms with Gasteiger partial charge in [0.15, 0.2) is 0 Å². The average Bonchev–Trinajstić information content (AvgIpc) is 2.98.